The van der Waals surface area contributed by atoms with E-state index in [1.165, 1.54) is 10.9 Å². The van der Waals surface area contributed by atoms with E-state index in [4.69, 9.17) is 4.74 Å². The molecule has 2 aromatic rings. The fraction of sp³-hybridized carbons (Fsp3) is 0.250. The van der Waals surface area contributed by atoms with Crippen LogP contribution in [0, 0.1) is 0 Å². The highest BCUT2D eigenvalue weighted by molar-refractivity contribution is 5.94. The number of nitrogens with zero attached hydrogens (tertiary/aromatic N) is 3. The van der Waals surface area contributed by atoms with Crippen LogP contribution in [0.15, 0.2) is 36.5 Å². The molecule has 0 amide bonds. The molecular formula is C12H13N3O2. The third kappa shape index (κ3) is 2.90. The Kier molecular flexibility index (Phi) is 3.49. The van der Waals surface area contributed by atoms with E-state index in [-0.39, 0.29) is 5.78 Å². The van der Waals surface area contributed by atoms with Gasteiger partial charge < -0.3 is 4.74 Å². The summed E-state index contributed by atoms with van der Waals surface area (Å²) in [6, 6.07) is 9.41. The molecule has 17 heavy (non-hydrogen) atoms. The molecule has 5 nitrogen and oxygen atoms in total. The van der Waals surface area contributed by atoms with Crippen molar-refractivity contribution in [1.82, 2.24) is 15.0 Å². The SMILES string of the molecule is Cn1nncc1C(=O)CCOc1ccccc1. The molecule has 0 aliphatic carbocycles. The van der Waals surface area contributed by atoms with Crippen molar-refractivity contribution in [2.75, 3.05) is 6.61 Å². The lowest BCUT2D eigenvalue weighted by Crippen LogP contribution is -2.10. The number of aromatic nitrogens is 3. The second kappa shape index (κ2) is 5.25. The second-order valence-corrected chi connectivity index (χ2v) is 3.58. The number of carbonyl (C=O) groups is 1. The average molecular weight is 231 g/mol. The van der Waals surface area contributed by atoms with Gasteiger partial charge in [0.15, 0.2) is 5.78 Å². The van der Waals surface area contributed by atoms with Crippen LogP contribution >= 0.6 is 0 Å². The van der Waals surface area contributed by atoms with E-state index in [1.807, 2.05) is 30.3 Å². The first-order valence-corrected chi connectivity index (χ1v) is 5.33. The normalized spacial score (nSPS) is 10.2. The van der Waals surface area contributed by atoms with Gasteiger partial charge in [-0.3, -0.25) is 4.79 Å². The lowest BCUT2D eigenvalue weighted by Gasteiger charge is -2.04. The molecule has 2 rings (SSSR count). The van der Waals surface area contributed by atoms with Gasteiger partial charge in [0.05, 0.1) is 12.8 Å². The molecule has 0 saturated heterocycles. The first-order chi connectivity index (χ1) is 8.27. The lowest BCUT2D eigenvalue weighted by molar-refractivity contribution is 0.0953. The van der Waals surface area contributed by atoms with Crippen molar-refractivity contribution in [3.05, 3.63) is 42.2 Å². The molecule has 5 heteroatoms. The van der Waals surface area contributed by atoms with E-state index in [1.54, 1.807) is 7.05 Å². The summed E-state index contributed by atoms with van der Waals surface area (Å²) in [6.07, 6.45) is 1.78. The molecule has 0 aliphatic rings. The minimum atomic E-state index is -0.0200. The molecule has 0 unspecified atom stereocenters. The van der Waals surface area contributed by atoms with Gasteiger partial charge in [0.1, 0.15) is 11.4 Å². The zero-order valence-corrected chi connectivity index (χ0v) is 9.54. The van der Waals surface area contributed by atoms with Crippen molar-refractivity contribution < 1.29 is 9.53 Å². The maximum absolute atomic E-state index is 11.7. The highest BCUT2D eigenvalue weighted by atomic mass is 16.5. The van der Waals surface area contributed by atoms with Crippen LogP contribution in [0.2, 0.25) is 0 Å². The molecule has 0 saturated carbocycles. The summed E-state index contributed by atoms with van der Waals surface area (Å²) in [5, 5.41) is 7.37. The van der Waals surface area contributed by atoms with Gasteiger partial charge in [0.25, 0.3) is 0 Å². The number of benzene rings is 1. The topological polar surface area (TPSA) is 57.0 Å². The maximum Gasteiger partial charge on any atom is 0.185 e. The fourth-order valence-electron chi connectivity index (χ4n) is 1.45. The van der Waals surface area contributed by atoms with Crippen molar-refractivity contribution in [1.29, 1.82) is 0 Å². The zero-order valence-electron chi connectivity index (χ0n) is 9.54. The van der Waals surface area contributed by atoms with Gasteiger partial charge in [-0.15, -0.1) is 5.10 Å². The van der Waals surface area contributed by atoms with Crippen LogP contribution in [0.5, 0.6) is 5.75 Å². The van der Waals surface area contributed by atoms with Crippen LogP contribution in [0.4, 0.5) is 0 Å². The van der Waals surface area contributed by atoms with Gasteiger partial charge in [0, 0.05) is 13.5 Å². The van der Waals surface area contributed by atoms with E-state index in [9.17, 15) is 4.79 Å². The van der Waals surface area contributed by atoms with Crippen LogP contribution in [-0.2, 0) is 7.05 Å². The summed E-state index contributed by atoms with van der Waals surface area (Å²) in [6.45, 7) is 0.355. The van der Waals surface area contributed by atoms with Gasteiger partial charge in [0.2, 0.25) is 0 Å². The van der Waals surface area contributed by atoms with E-state index < -0.39 is 0 Å². The van der Waals surface area contributed by atoms with E-state index in [0.717, 1.165) is 5.75 Å². The quantitative estimate of drug-likeness (QED) is 0.731. The predicted octanol–water partition coefficient (Wildman–Crippen LogP) is 1.47. The Morgan fingerprint density at radius 3 is 2.76 bits per heavy atom. The highest BCUT2D eigenvalue weighted by Crippen LogP contribution is 2.09. The van der Waals surface area contributed by atoms with E-state index in [0.29, 0.717) is 18.7 Å². The summed E-state index contributed by atoms with van der Waals surface area (Å²) in [7, 11) is 1.69. The first kappa shape index (κ1) is 11.3. The monoisotopic (exact) mass is 231 g/mol. The molecule has 1 heterocycles. The Labute approximate surface area is 99.0 Å². The van der Waals surface area contributed by atoms with Crippen molar-refractivity contribution in [3.8, 4) is 5.75 Å². The molecule has 1 aromatic heterocycles. The van der Waals surface area contributed by atoms with Gasteiger partial charge in [-0.05, 0) is 12.1 Å². The maximum atomic E-state index is 11.7. The number of ketones is 1. The Morgan fingerprint density at radius 2 is 2.12 bits per heavy atom. The van der Waals surface area contributed by atoms with Crippen molar-refractivity contribution >= 4 is 5.78 Å². The average Bonchev–Trinajstić information content (AvgIpc) is 2.77. The molecule has 0 N–H and O–H groups in total. The number of carbonyl (C=O) groups excluding carboxylic acids is 1. The van der Waals surface area contributed by atoms with Gasteiger partial charge >= 0.3 is 0 Å². The van der Waals surface area contributed by atoms with Crippen LogP contribution in [0.1, 0.15) is 16.9 Å². The fourth-order valence-corrected chi connectivity index (χ4v) is 1.45. The lowest BCUT2D eigenvalue weighted by atomic mass is 10.2. The third-order valence-electron chi connectivity index (χ3n) is 2.34. The number of Topliss-reactive ketones (excluding diaryl/α,β-unsaturated/α-hetero) is 1. The number of hydrogen-bond acceptors (Lipinski definition) is 4. The number of para-hydroxylation sites is 1. The van der Waals surface area contributed by atoms with Crippen molar-refractivity contribution in [3.63, 3.8) is 0 Å². The highest BCUT2D eigenvalue weighted by Gasteiger charge is 2.10. The second-order valence-electron chi connectivity index (χ2n) is 3.58. The molecule has 0 radical (unpaired) electrons. The summed E-state index contributed by atoms with van der Waals surface area (Å²) < 4.78 is 6.91. The van der Waals surface area contributed by atoms with Crippen LogP contribution in [-0.4, -0.2) is 27.4 Å². The third-order valence-corrected chi connectivity index (χ3v) is 2.34. The molecule has 0 aliphatic heterocycles. The number of rotatable bonds is 5. The number of aryl methyl sites for hydroxylation is 1. The Hall–Kier alpha value is -2.17. The zero-order chi connectivity index (χ0) is 12.1. The van der Waals surface area contributed by atoms with E-state index >= 15 is 0 Å². The Balaban J connectivity index is 1.84. The van der Waals surface area contributed by atoms with E-state index in [2.05, 4.69) is 10.3 Å². The molecule has 0 bridgehead atoms. The van der Waals surface area contributed by atoms with Gasteiger partial charge in [-0.25, -0.2) is 4.68 Å². The van der Waals surface area contributed by atoms with Crippen molar-refractivity contribution in [2.45, 2.75) is 6.42 Å². The molecule has 88 valence electrons. The van der Waals surface area contributed by atoms with Crippen molar-refractivity contribution in [2.24, 2.45) is 7.05 Å². The summed E-state index contributed by atoms with van der Waals surface area (Å²) in [5.74, 6) is 0.747. The first-order valence-electron chi connectivity index (χ1n) is 5.33. The largest absolute Gasteiger partial charge is 0.493 e. The Bertz CT molecular complexity index is 493. The number of hydrogen-bond donors (Lipinski definition) is 0. The van der Waals surface area contributed by atoms with Gasteiger partial charge in [-0.2, -0.15) is 0 Å². The van der Waals surface area contributed by atoms with Crippen LogP contribution in [0.3, 0.4) is 0 Å². The van der Waals surface area contributed by atoms with Crippen LogP contribution in [0.25, 0.3) is 0 Å². The summed E-state index contributed by atoms with van der Waals surface area (Å²) in [4.78, 5) is 11.7. The molecular weight excluding hydrogens is 218 g/mol. The molecule has 0 spiro atoms. The minimum absolute atomic E-state index is 0.0200. The number of ether oxygens (including phenoxy) is 1. The summed E-state index contributed by atoms with van der Waals surface area (Å²) >= 11 is 0. The minimum Gasteiger partial charge on any atom is -0.493 e. The smallest absolute Gasteiger partial charge is 0.185 e. The predicted molar refractivity (Wildman–Crippen MR) is 61.9 cm³/mol. The molecule has 0 atom stereocenters. The Morgan fingerprint density at radius 1 is 1.35 bits per heavy atom. The van der Waals surface area contributed by atoms with Crippen LogP contribution < -0.4 is 4.74 Å². The van der Waals surface area contributed by atoms with Gasteiger partial charge in [-0.1, -0.05) is 23.4 Å². The molecule has 1 aromatic carbocycles. The molecule has 0 fully saturated rings. The standard InChI is InChI=1S/C12H13N3O2/c1-15-11(9-13-14-15)12(16)7-8-17-10-5-3-2-4-6-10/h2-6,9H,7-8H2,1H3. The summed E-state index contributed by atoms with van der Waals surface area (Å²) in [5.41, 5.74) is 0.502.